The normalized spacial score (nSPS) is 38.3. The largest absolute Gasteiger partial charge is 0.317 e. The summed E-state index contributed by atoms with van der Waals surface area (Å²) in [5.74, 6) is 6.82. The summed E-state index contributed by atoms with van der Waals surface area (Å²) < 4.78 is 0. The van der Waals surface area contributed by atoms with Gasteiger partial charge in [0.1, 0.15) is 0 Å². The van der Waals surface area contributed by atoms with Crippen molar-refractivity contribution < 1.29 is 0 Å². The monoisotopic (exact) mass is 776 g/mol. The Kier molecular flexibility index (Phi) is 25.4. The second-order valence-corrected chi connectivity index (χ2v) is 20.8. The topological polar surface area (TPSA) is 66.6 Å². The van der Waals surface area contributed by atoms with E-state index in [0.29, 0.717) is 0 Å². The summed E-state index contributed by atoms with van der Waals surface area (Å²) >= 11 is 0. The fraction of sp³-hybridized carbons (Fsp3) is 1.00. The highest BCUT2D eigenvalue weighted by Crippen LogP contribution is 2.57. The molecule has 0 aromatic carbocycles. The van der Waals surface area contributed by atoms with E-state index in [9.17, 15) is 0 Å². The van der Waals surface area contributed by atoms with Gasteiger partial charge in [-0.25, -0.2) is 0 Å². The molecule has 8 aliphatic rings. The van der Waals surface area contributed by atoms with Crippen molar-refractivity contribution in [3.63, 3.8) is 0 Å². The molecule has 7 nitrogen and oxygen atoms in total. The van der Waals surface area contributed by atoms with Crippen LogP contribution in [0.2, 0.25) is 0 Å². The molecule has 2 unspecified atom stereocenters. The van der Waals surface area contributed by atoms with Crippen LogP contribution in [0.15, 0.2) is 0 Å². The number of nitrogens with one attached hydrogen (secondary N) is 5. The third-order valence-corrected chi connectivity index (χ3v) is 14.8. The summed E-state index contributed by atoms with van der Waals surface area (Å²) in [4.78, 5) is 4.82. The summed E-state index contributed by atoms with van der Waals surface area (Å²) in [5, 5.41) is 16.4. The molecule has 0 aromatic rings. The minimum absolute atomic E-state index is 0.824. The first-order chi connectivity index (χ1) is 26.1. The molecule has 2 saturated heterocycles. The lowest BCUT2D eigenvalue weighted by atomic mass is 9.82. The van der Waals surface area contributed by atoms with Gasteiger partial charge in [0, 0.05) is 49.8 Å². The van der Waals surface area contributed by atoms with Crippen LogP contribution in [0.5, 0.6) is 0 Å². The molecule has 6 saturated carbocycles. The molecule has 2 heterocycles. The third kappa shape index (κ3) is 21.0. The first kappa shape index (κ1) is 50.9. The average Bonchev–Trinajstić information content (AvgIpc) is 3.71. The molecule has 328 valence electrons. The zero-order valence-electron chi connectivity index (χ0n) is 39.7. The minimum atomic E-state index is 0.824. The van der Waals surface area contributed by atoms with Gasteiger partial charge < -0.3 is 36.4 Å². The highest BCUT2D eigenvalue weighted by Gasteiger charge is 2.57. The van der Waals surface area contributed by atoms with Gasteiger partial charge in [-0.3, -0.25) is 0 Å². The standard InChI is InChI=1S/C7H13N.5C7H15N.C6H13N/c1-6-3-7(6)4-8(2)5-7;4*1-6-3-4-7(5-6)8-2;1-7-4-3-5-8(2)6-7;1-5-3-6(4-5)7-2/h6H,3-5H2,1-2H3;4*6-8H,3-5H2,1-2H3;7H,3-6H2,1-2H3;5-7H,3-4H2,1-2H3/t;6-,7?;3*6-,7+;7-;/m.01001./s1. The second kappa shape index (κ2) is 27.5. The molecule has 55 heavy (non-hydrogen) atoms. The van der Waals surface area contributed by atoms with Crippen molar-refractivity contribution in [1.82, 2.24) is 36.4 Å². The summed E-state index contributed by atoms with van der Waals surface area (Å²) in [6, 6.07) is 4.14. The first-order valence-electron chi connectivity index (χ1n) is 23.9. The van der Waals surface area contributed by atoms with Crippen molar-refractivity contribution in [3.8, 4) is 0 Å². The van der Waals surface area contributed by atoms with Crippen molar-refractivity contribution >= 4 is 0 Å². The molecule has 2 aliphatic heterocycles. The third-order valence-electron chi connectivity index (χ3n) is 14.8. The first-order valence-corrected chi connectivity index (χ1v) is 23.9. The zero-order valence-corrected chi connectivity index (χ0v) is 39.7. The maximum absolute atomic E-state index is 3.29. The zero-order chi connectivity index (χ0) is 41.0. The number of nitrogens with zero attached hydrogens (tertiary/aromatic N) is 2. The van der Waals surface area contributed by atoms with Gasteiger partial charge in [-0.15, -0.1) is 0 Å². The van der Waals surface area contributed by atoms with Crippen molar-refractivity contribution in [3.05, 3.63) is 0 Å². The van der Waals surface area contributed by atoms with E-state index in [1.165, 1.54) is 135 Å². The van der Waals surface area contributed by atoms with Crippen LogP contribution in [-0.2, 0) is 0 Å². The SMILES string of the molecule is CC1CC12CN(C)C2.CNC1CC(C)C1.CNC1CC[C@H](C)C1.CN[C@@H]1CC[C@H](C)C1.CN[C@@H]1CC[C@H](C)C1.CN[C@H]1CC[C@@H](C)C1.C[C@@H]1CCCN(C)C1. The van der Waals surface area contributed by atoms with Crippen LogP contribution in [-0.4, -0.2) is 116 Å². The minimum Gasteiger partial charge on any atom is -0.317 e. The van der Waals surface area contributed by atoms with Crippen LogP contribution >= 0.6 is 0 Å². The van der Waals surface area contributed by atoms with Crippen LogP contribution in [0.1, 0.15) is 158 Å². The summed E-state index contributed by atoms with van der Waals surface area (Å²) in [7, 11) is 14.7. The van der Waals surface area contributed by atoms with E-state index in [1.54, 1.807) is 0 Å². The molecule has 6 aliphatic carbocycles. The maximum atomic E-state index is 3.29. The molecule has 7 heteroatoms. The van der Waals surface area contributed by atoms with Crippen molar-refractivity contribution in [2.45, 2.75) is 188 Å². The quantitative estimate of drug-likeness (QED) is 0.191. The molecule has 1 spiro atoms. The van der Waals surface area contributed by atoms with Crippen LogP contribution in [0.25, 0.3) is 0 Å². The Labute approximate surface area is 345 Å². The smallest absolute Gasteiger partial charge is 0.00691 e. The Morgan fingerprint density at radius 3 is 0.855 bits per heavy atom. The second-order valence-electron chi connectivity index (χ2n) is 20.8. The molecule has 5 N–H and O–H groups in total. The van der Waals surface area contributed by atoms with Gasteiger partial charge in [-0.05, 0) is 212 Å². The number of hydrogen-bond donors (Lipinski definition) is 5. The summed E-state index contributed by atoms with van der Waals surface area (Å²) in [6.45, 7) is 21.7. The predicted octanol–water partition coefficient (Wildman–Crippen LogP) is 8.89. The van der Waals surface area contributed by atoms with Crippen LogP contribution in [0.3, 0.4) is 0 Å². The van der Waals surface area contributed by atoms with E-state index in [2.05, 4.69) is 127 Å². The molecule has 10 atom stereocenters. The Balaban J connectivity index is 0.000000222. The number of piperidine rings is 1. The van der Waals surface area contributed by atoms with E-state index >= 15 is 0 Å². The molecular formula is C48H101N7. The molecular weight excluding hydrogens is 675 g/mol. The lowest BCUT2D eigenvalue weighted by molar-refractivity contribution is 0.102. The summed E-state index contributed by atoms with van der Waals surface area (Å²) in [6.07, 6.45) is 23.9. The van der Waals surface area contributed by atoms with E-state index in [0.717, 1.165) is 77.0 Å². The van der Waals surface area contributed by atoms with Gasteiger partial charge in [0.15, 0.2) is 0 Å². The van der Waals surface area contributed by atoms with E-state index in [-0.39, 0.29) is 0 Å². The lowest BCUT2D eigenvalue weighted by Gasteiger charge is -2.37. The van der Waals surface area contributed by atoms with Crippen molar-refractivity contribution in [2.24, 2.45) is 46.8 Å². The Hall–Kier alpha value is -0.280. The van der Waals surface area contributed by atoms with E-state index < -0.39 is 0 Å². The molecule has 0 aromatic heterocycles. The van der Waals surface area contributed by atoms with Crippen molar-refractivity contribution in [2.75, 3.05) is 75.5 Å². The van der Waals surface area contributed by atoms with Crippen LogP contribution in [0, 0.1) is 46.8 Å². The number of rotatable bonds is 5. The van der Waals surface area contributed by atoms with E-state index in [1.807, 2.05) is 7.05 Å². The Morgan fingerprint density at radius 2 is 0.727 bits per heavy atom. The summed E-state index contributed by atoms with van der Waals surface area (Å²) in [5.41, 5.74) is 0.828. The van der Waals surface area contributed by atoms with Gasteiger partial charge >= 0.3 is 0 Å². The average molecular weight is 776 g/mol. The molecule has 0 amide bonds. The maximum Gasteiger partial charge on any atom is 0.00691 e. The van der Waals surface area contributed by atoms with Gasteiger partial charge in [-0.1, -0.05) is 48.5 Å². The fourth-order valence-corrected chi connectivity index (χ4v) is 10.5. The Morgan fingerprint density at radius 1 is 0.400 bits per heavy atom. The predicted molar refractivity (Wildman–Crippen MR) is 244 cm³/mol. The van der Waals surface area contributed by atoms with Crippen LogP contribution in [0.4, 0.5) is 0 Å². The molecule has 0 bridgehead atoms. The number of hydrogen-bond acceptors (Lipinski definition) is 7. The molecule has 8 fully saturated rings. The Bertz CT molecular complexity index is 844. The van der Waals surface area contributed by atoms with Crippen molar-refractivity contribution in [1.29, 1.82) is 0 Å². The van der Waals surface area contributed by atoms with Gasteiger partial charge in [0.05, 0.1) is 0 Å². The molecule has 0 radical (unpaired) electrons. The van der Waals surface area contributed by atoms with Crippen LogP contribution < -0.4 is 26.6 Å². The molecule has 8 rings (SSSR count). The lowest BCUT2D eigenvalue weighted by Crippen LogP contribution is -2.46. The highest BCUT2D eigenvalue weighted by molar-refractivity contribution is 5.09. The van der Waals surface area contributed by atoms with Gasteiger partial charge in [-0.2, -0.15) is 0 Å². The highest BCUT2D eigenvalue weighted by atomic mass is 15.2. The fourth-order valence-electron chi connectivity index (χ4n) is 10.5. The van der Waals surface area contributed by atoms with Gasteiger partial charge in [0.25, 0.3) is 0 Å². The van der Waals surface area contributed by atoms with E-state index in [4.69, 9.17) is 0 Å². The number of likely N-dealkylation sites (tertiary alicyclic amines) is 2. The van der Waals surface area contributed by atoms with Gasteiger partial charge in [0.2, 0.25) is 0 Å².